The molecule has 9 heteroatoms. The highest BCUT2D eigenvalue weighted by molar-refractivity contribution is 7.80. The molecule has 2 N–H and O–H groups in total. The second-order valence-electron chi connectivity index (χ2n) is 5.68. The number of carbonyl (C=O) groups is 1. The molecular weight excluding hydrogens is 437 g/mol. The molecular formula is C19H11Cl2N3O2S2. The SMILES string of the molecule is O=C(NC(=S)Nc1cc(-c2nc3ccccc3s2)c(Cl)cc1Cl)c1ccco1. The lowest BCUT2D eigenvalue weighted by atomic mass is 10.2. The Labute approximate surface area is 179 Å². The molecule has 0 unspecified atom stereocenters. The first-order valence-electron chi connectivity index (χ1n) is 8.02. The van der Waals surface area contributed by atoms with E-state index < -0.39 is 5.91 Å². The van der Waals surface area contributed by atoms with Gasteiger partial charge in [-0.25, -0.2) is 4.98 Å². The van der Waals surface area contributed by atoms with Gasteiger partial charge >= 0.3 is 0 Å². The summed E-state index contributed by atoms with van der Waals surface area (Å²) < 4.78 is 6.10. The molecule has 0 saturated heterocycles. The van der Waals surface area contributed by atoms with Crippen LogP contribution in [0.15, 0.2) is 59.2 Å². The van der Waals surface area contributed by atoms with Gasteiger partial charge in [-0.3, -0.25) is 10.1 Å². The van der Waals surface area contributed by atoms with E-state index in [4.69, 9.17) is 39.8 Å². The number of nitrogens with zero attached hydrogens (tertiary/aromatic N) is 1. The Morgan fingerprint density at radius 3 is 2.68 bits per heavy atom. The summed E-state index contributed by atoms with van der Waals surface area (Å²) in [6.07, 6.45) is 1.41. The molecule has 2 aromatic carbocycles. The Kier molecular flexibility index (Phi) is 5.32. The Balaban J connectivity index is 1.60. The predicted octanol–water partition coefficient (Wildman–Crippen LogP) is 5.99. The predicted molar refractivity (Wildman–Crippen MR) is 117 cm³/mol. The van der Waals surface area contributed by atoms with E-state index in [2.05, 4.69) is 15.6 Å². The van der Waals surface area contributed by atoms with E-state index in [1.807, 2.05) is 24.3 Å². The number of carbonyl (C=O) groups excluding carboxylic acids is 1. The summed E-state index contributed by atoms with van der Waals surface area (Å²) in [5.74, 6) is -0.305. The number of anilines is 1. The number of furan rings is 1. The van der Waals surface area contributed by atoms with Gasteiger partial charge in [-0.1, -0.05) is 35.3 Å². The van der Waals surface area contributed by atoms with Gasteiger partial charge in [-0.15, -0.1) is 11.3 Å². The first-order valence-corrected chi connectivity index (χ1v) is 10.00. The molecule has 0 aliphatic rings. The fourth-order valence-corrected chi connectivity index (χ4v) is 4.30. The molecule has 0 radical (unpaired) electrons. The van der Waals surface area contributed by atoms with E-state index in [0.29, 0.717) is 15.7 Å². The Morgan fingerprint density at radius 1 is 1.11 bits per heavy atom. The van der Waals surface area contributed by atoms with E-state index in [1.54, 1.807) is 24.3 Å². The minimum absolute atomic E-state index is 0.0841. The third-order valence-electron chi connectivity index (χ3n) is 3.80. The lowest BCUT2D eigenvalue weighted by Crippen LogP contribution is -2.33. The minimum Gasteiger partial charge on any atom is -0.459 e. The van der Waals surface area contributed by atoms with E-state index in [1.165, 1.54) is 17.6 Å². The molecule has 4 aromatic rings. The average molecular weight is 448 g/mol. The number of fused-ring (bicyclic) bond motifs is 1. The van der Waals surface area contributed by atoms with Crippen LogP contribution in [0.25, 0.3) is 20.8 Å². The van der Waals surface area contributed by atoms with Gasteiger partial charge in [-0.2, -0.15) is 0 Å². The second-order valence-corrected chi connectivity index (χ2v) is 7.94. The van der Waals surface area contributed by atoms with Crippen molar-refractivity contribution in [2.75, 3.05) is 5.32 Å². The number of hydrogen-bond acceptors (Lipinski definition) is 5. The van der Waals surface area contributed by atoms with Gasteiger partial charge in [-0.05, 0) is 48.6 Å². The Morgan fingerprint density at radius 2 is 1.93 bits per heavy atom. The first-order chi connectivity index (χ1) is 13.5. The Hall–Kier alpha value is -2.45. The third kappa shape index (κ3) is 3.88. The van der Waals surface area contributed by atoms with Gasteiger partial charge in [0, 0.05) is 5.56 Å². The number of hydrogen-bond donors (Lipinski definition) is 2. The van der Waals surface area contributed by atoms with E-state index in [-0.39, 0.29) is 10.9 Å². The van der Waals surface area contributed by atoms with Crippen molar-refractivity contribution in [1.82, 2.24) is 10.3 Å². The summed E-state index contributed by atoms with van der Waals surface area (Å²) in [5.41, 5.74) is 2.12. The zero-order valence-corrected chi connectivity index (χ0v) is 17.2. The molecule has 140 valence electrons. The highest BCUT2D eigenvalue weighted by atomic mass is 35.5. The number of rotatable bonds is 3. The van der Waals surface area contributed by atoms with Crippen LogP contribution in [0.4, 0.5) is 5.69 Å². The standard InChI is InChI=1S/C19H11Cl2N3O2S2/c20-11-9-12(21)14(23-19(27)24-17(25)15-5-3-7-26-15)8-10(11)18-22-13-4-1-2-6-16(13)28-18/h1-9H,(H2,23,24,25,27). The zero-order valence-electron chi connectivity index (χ0n) is 14.0. The number of amides is 1. The van der Waals surface area contributed by atoms with Gasteiger partial charge in [0.1, 0.15) is 5.01 Å². The normalized spacial score (nSPS) is 10.8. The third-order valence-corrected chi connectivity index (χ3v) is 5.70. The molecule has 0 aliphatic carbocycles. The summed E-state index contributed by atoms with van der Waals surface area (Å²) in [5, 5.41) is 7.14. The summed E-state index contributed by atoms with van der Waals surface area (Å²) in [6, 6.07) is 14.4. The van der Waals surface area contributed by atoms with Crippen LogP contribution in [-0.2, 0) is 0 Å². The molecule has 0 bridgehead atoms. The highest BCUT2D eigenvalue weighted by Gasteiger charge is 2.15. The number of halogens is 2. The molecule has 4 rings (SSSR count). The number of aromatic nitrogens is 1. The van der Waals surface area contributed by atoms with E-state index in [0.717, 1.165) is 20.8 Å². The molecule has 2 heterocycles. The summed E-state index contributed by atoms with van der Waals surface area (Å²) in [6.45, 7) is 0. The number of thiocarbonyl (C=S) groups is 1. The number of benzene rings is 2. The van der Waals surface area contributed by atoms with Crippen molar-refractivity contribution in [2.24, 2.45) is 0 Å². The molecule has 5 nitrogen and oxygen atoms in total. The molecule has 0 spiro atoms. The lowest BCUT2D eigenvalue weighted by molar-refractivity contribution is 0.0950. The average Bonchev–Trinajstić information content (AvgIpc) is 3.33. The van der Waals surface area contributed by atoms with Crippen LogP contribution < -0.4 is 10.6 Å². The van der Waals surface area contributed by atoms with Crippen LogP contribution in [0, 0.1) is 0 Å². The van der Waals surface area contributed by atoms with Crippen LogP contribution in [-0.4, -0.2) is 16.0 Å². The number of para-hydroxylation sites is 1. The maximum atomic E-state index is 12.0. The maximum Gasteiger partial charge on any atom is 0.293 e. The van der Waals surface area contributed by atoms with Crippen molar-refractivity contribution >= 4 is 73.7 Å². The summed E-state index contributed by atoms with van der Waals surface area (Å²) in [4.78, 5) is 16.7. The molecule has 2 aromatic heterocycles. The summed E-state index contributed by atoms with van der Waals surface area (Å²) >= 11 is 19.4. The fraction of sp³-hybridized carbons (Fsp3) is 0. The van der Waals surface area contributed by atoms with Gasteiger partial charge in [0.05, 0.1) is 32.2 Å². The fourth-order valence-electron chi connectivity index (χ4n) is 2.52. The molecule has 0 saturated carbocycles. The quantitative estimate of drug-likeness (QED) is 0.377. The van der Waals surface area contributed by atoms with E-state index >= 15 is 0 Å². The number of thiazole rings is 1. The highest BCUT2D eigenvalue weighted by Crippen LogP contribution is 2.38. The second kappa shape index (κ2) is 7.89. The van der Waals surface area contributed by atoms with Crippen molar-refractivity contribution in [2.45, 2.75) is 0 Å². The number of nitrogens with one attached hydrogen (secondary N) is 2. The largest absolute Gasteiger partial charge is 0.459 e. The first kappa shape index (κ1) is 18.9. The molecule has 0 fully saturated rings. The summed E-state index contributed by atoms with van der Waals surface area (Å²) in [7, 11) is 0. The maximum absolute atomic E-state index is 12.0. The van der Waals surface area contributed by atoms with Crippen molar-refractivity contribution in [3.05, 3.63) is 70.6 Å². The van der Waals surface area contributed by atoms with Gasteiger partial charge in [0.25, 0.3) is 5.91 Å². The molecule has 1 amide bonds. The van der Waals surface area contributed by atoms with Crippen molar-refractivity contribution < 1.29 is 9.21 Å². The van der Waals surface area contributed by atoms with Gasteiger partial charge in [0.2, 0.25) is 0 Å². The smallest absolute Gasteiger partial charge is 0.293 e. The van der Waals surface area contributed by atoms with Crippen LogP contribution in [0.3, 0.4) is 0 Å². The minimum atomic E-state index is -0.459. The van der Waals surface area contributed by atoms with Crippen LogP contribution in [0.5, 0.6) is 0 Å². The molecule has 0 atom stereocenters. The van der Waals surface area contributed by atoms with Gasteiger partial charge < -0.3 is 9.73 Å². The van der Waals surface area contributed by atoms with Crippen LogP contribution in [0.1, 0.15) is 10.6 Å². The van der Waals surface area contributed by atoms with Crippen LogP contribution in [0.2, 0.25) is 10.0 Å². The van der Waals surface area contributed by atoms with Gasteiger partial charge in [0.15, 0.2) is 10.9 Å². The van der Waals surface area contributed by atoms with E-state index in [9.17, 15) is 4.79 Å². The topological polar surface area (TPSA) is 67.2 Å². The molecule has 28 heavy (non-hydrogen) atoms. The lowest BCUT2D eigenvalue weighted by Gasteiger charge is -2.12. The molecule has 0 aliphatic heterocycles. The zero-order chi connectivity index (χ0) is 19.7. The van der Waals surface area contributed by atoms with Crippen LogP contribution >= 0.6 is 46.8 Å². The monoisotopic (exact) mass is 447 g/mol. The van der Waals surface area contributed by atoms with Crippen molar-refractivity contribution in [3.8, 4) is 10.6 Å². The van der Waals surface area contributed by atoms with Crippen molar-refractivity contribution in [1.29, 1.82) is 0 Å². The Bertz CT molecular complexity index is 1160. The van der Waals surface area contributed by atoms with Crippen molar-refractivity contribution in [3.63, 3.8) is 0 Å².